The molecule has 3 aliphatic rings. The van der Waals surface area contributed by atoms with Gasteiger partial charge < -0.3 is 4.90 Å². The fourth-order valence-electron chi connectivity index (χ4n) is 4.21. The van der Waals surface area contributed by atoms with Crippen LogP contribution in [-0.2, 0) is 12.8 Å². The van der Waals surface area contributed by atoms with E-state index in [0.717, 1.165) is 24.8 Å². The first kappa shape index (κ1) is 11.7. The van der Waals surface area contributed by atoms with Gasteiger partial charge in [-0.25, -0.2) is 0 Å². The number of ketones is 1. The summed E-state index contributed by atoms with van der Waals surface area (Å²) in [6.45, 7) is 0. The van der Waals surface area contributed by atoms with E-state index in [1.165, 1.54) is 30.4 Å². The van der Waals surface area contributed by atoms with Crippen molar-refractivity contribution in [2.75, 3.05) is 7.05 Å². The molecular weight excluding hydrogens is 234 g/mol. The van der Waals surface area contributed by atoms with Gasteiger partial charge in [0.2, 0.25) is 0 Å². The maximum absolute atomic E-state index is 12.7. The van der Waals surface area contributed by atoms with Crippen LogP contribution >= 0.6 is 0 Å². The lowest BCUT2D eigenvalue weighted by Gasteiger charge is -2.35. The minimum Gasteiger partial charge on any atom is -0.300 e. The third-order valence-corrected chi connectivity index (χ3v) is 5.62. The molecule has 2 unspecified atom stereocenters. The molecule has 0 aromatic heterocycles. The van der Waals surface area contributed by atoms with Crippen molar-refractivity contribution in [2.45, 2.75) is 50.6 Å². The molecule has 0 saturated carbocycles. The third kappa shape index (κ3) is 1.77. The highest BCUT2D eigenvalue weighted by molar-refractivity contribution is 5.98. The number of aryl methyl sites for hydroxylation is 2. The van der Waals surface area contributed by atoms with E-state index in [0.29, 0.717) is 17.9 Å². The van der Waals surface area contributed by atoms with Crippen LogP contribution in [0.4, 0.5) is 0 Å². The number of carbonyl (C=O) groups excluding carboxylic acids is 1. The van der Waals surface area contributed by atoms with Gasteiger partial charge in [0.25, 0.3) is 0 Å². The van der Waals surface area contributed by atoms with Crippen LogP contribution in [0.1, 0.15) is 47.2 Å². The molecule has 2 bridgehead atoms. The predicted octanol–water partition coefficient (Wildman–Crippen LogP) is 2.84. The van der Waals surface area contributed by atoms with Crippen molar-refractivity contribution in [1.82, 2.24) is 4.90 Å². The zero-order valence-corrected chi connectivity index (χ0v) is 11.6. The lowest BCUT2D eigenvalue weighted by atomic mass is 9.81. The molecule has 0 N–H and O–H groups in total. The molecule has 100 valence electrons. The molecule has 1 aromatic rings. The first-order chi connectivity index (χ1) is 9.22. The van der Waals surface area contributed by atoms with Crippen molar-refractivity contribution in [2.24, 2.45) is 5.92 Å². The molecule has 2 nitrogen and oxygen atoms in total. The highest BCUT2D eigenvalue weighted by Gasteiger charge is 2.41. The molecule has 0 spiro atoms. The van der Waals surface area contributed by atoms with Crippen molar-refractivity contribution in [3.63, 3.8) is 0 Å². The molecule has 2 heteroatoms. The lowest BCUT2D eigenvalue weighted by molar-refractivity contribution is 0.0767. The van der Waals surface area contributed by atoms with Crippen LogP contribution in [-0.4, -0.2) is 29.8 Å². The largest absolute Gasteiger partial charge is 0.300 e. The number of hydrogen-bond acceptors (Lipinski definition) is 2. The van der Waals surface area contributed by atoms with Gasteiger partial charge in [-0.1, -0.05) is 12.1 Å². The molecule has 1 aliphatic carbocycles. The van der Waals surface area contributed by atoms with E-state index in [-0.39, 0.29) is 5.92 Å². The van der Waals surface area contributed by atoms with Gasteiger partial charge in [-0.15, -0.1) is 0 Å². The second-order valence-electron chi connectivity index (χ2n) is 6.57. The summed E-state index contributed by atoms with van der Waals surface area (Å²) in [5, 5.41) is 0. The Hall–Kier alpha value is -1.15. The summed E-state index contributed by atoms with van der Waals surface area (Å²) in [6, 6.07) is 7.68. The number of piperidine rings is 1. The number of Topliss-reactive ketones (excluding diaryl/α,β-unsaturated/α-hetero) is 1. The summed E-state index contributed by atoms with van der Waals surface area (Å²) in [6.07, 6.45) is 7.08. The highest BCUT2D eigenvalue weighted by atomic mass is 16.1. The maximum atomic E-state index is 12.7. The number of carbonyl (C=O) groups is 1. The van der Waals surface area contributed by atoms with Crippen LogP contribution in [0.2, 0.25) is 0 Å². The van der Waals surface area contributed by atoms with Gasteiger partial charge in [0.1, 0.15) is 0 Å². The molecule has 2 atom stereocenters. The van der Waals surface area contributed by atoms with Gasteiger partial charge in [0.15, 0.2) is 5.78 Å². The minimum atomic E-state index is 0.270. The quantitative estimate of drug-likeness (QED) is 0.757. The summed E-state index contributed by atoms with van der Waals surface area (Å²) < 4.78 is 0. The van der Waals surface area contributed by atoms with Crippen LogP contribution in [0.15, 0.2) is 18.2 Å². The van der Waals surface area contributed by atoms with Crippen molar-refractivity contribution < 1.29 is 4.79 Å². The van der Waals surface area contributed by atoms with Gasteiger partial charge in [0.05, 0.1) is 0 Å². The van der Waals surface area contributed by atoms with E-state index in [2.05, 4.69) is 30.1 Å². The smallest absolute Gasteiger partial charge is 0.166 e. The lowest BCUT2D eigenvalue weighted by Crippen LogP contribution is -2.42. The van der Waals surface area contributed by atoms with Gasteiger partial charge in [-0.2, -0.15) is 0 Å². The van der Waals surface area contributed by atoms with Crippen LogP contribution in [0.3, 0.4) is 0 Å². The van der Waals surface area contributed by atoms with E-state index in [1.54, 1.807) is 0 Å². The second kappa shape index (κ2) is 4.17. The predicted molar refractivity (Wildman–Crippen MR) is 75.5 cm³/mol. The van der Waals surface area contributed by atoms with E-state index in [4.69, 9.17) is 0 Å². The van der Waals surface area contributed by atoms with Gasteiger partial charge in [-0.3, -0.25) is 4.79 Å². The number of fused-ring (bicyclic) bond motifs is 3. The maximum Gasteiger partial charge on any atom is 0.166 e. The monoisotopic (exact) mass is 255 g/mol. The Labute approximate surface area is 114 Å². The summed E-state index contributed by atoms with van der Waals surface area (Å²) in [7, 11) is 2.23. The summed E-state index contributed by atoms with van der Waals surface area (Å²) >= 11 is 0. The van der Waals surface area contributed by atoms with Crippen LogP contribution < -0.4 is 0 Å². The van der Waals surface area contributed by atoms with Gasteiger partial charge >= 0.3 is 0 Å². The van der Waals surface area contributed by atoms with Crippen molar-refractivity contribution >= 4 is 5.78 Å². The Kier molecular flexibility index (Phi) is 2.56. The fourth-order valence-corrected chi connectivity index (χ4v) is 4.21. The average Bonchev–Trinajstić information content (AvgIpc) is 2.63. The van der Waals surface area contributed by atoms with E-state index < -0.39 is 0 Å². The van der Waals surface area contributed by atoms with E-state index in [9.17, 15) is 4.79 Å². The second-order valence-corrected chi connectivity index (χ2v) is 6.57. The molecule has 2 aliphatic heterocycles. The van der Waals surface area contributed by atoms with Crippen molar-refractivity contribution in [3.05, 3.63) is 34.9 Å². The van der Waals surface area contributed by atoms with E-state index in [1.807, 2.05) is 0 Å². The number of rotatable bonds is 2. The van der Waals surface area contributed by atoms with Gasteiger partial charge in [0, 0.05) is 23.6 Å². The zero-order chi connectivity index (χ0) is 13.0. The average molecular weight is 255 g/mol. The minimum absolute atomic E-state index is 0.270. The fraction of sp³-hybridized carbons (Fsp3) is 0.588. The first-order valence-corrected chi connectivity index (χ1v) is 7.60. The molecule has 19 heavy (non-hydrogen) atoms. The van der Waals surface area contributed by atoms with Crippen molar-refractivity contribution in [3.8, 4) is 0 Å². The van der Waals surface area contributed by atoms with Gasteiger partial charge in [-0.05, 0) is 62.8 Å². The molecule has 2 fully saturated rings. The Morgan fingerprint density at radius 3 is 2.37 bits per heavy atom. The van der Waals surface area contributed by atoms with Crippen molar-refractivity contribution in [1.29, 1.82) is 0 Å². The van der Waals surface area contributed by atoms with E-state index >= 15 is 0 Å². The number of hydrogen-bond donors (Lipinski definition) is 0. The van der Waals surface area contributed by atoms with Crippen LogP contribution in [0.25, 0.3) is 0 Å². The molecule has 1 aromatic carbocycles. The summed E-state index contributed by atoms with van der Waals surface area (Å²) in [5.41, 5.74) is 3.81. The highest BCUT2D eigenvalue weighted by Crippen LogP contribution is 2.39. The zero-order valence-electron chi connectivity index (χ0n) is 11.6. The Balaban J connectivity index is 1.56. The summed E-state index contributed by atoms with van der Waals surface area (Å²) in [5.74, 6) is 0.673. The topological polar surface area (TPSA) is 20.3 Å². The molecule has 0 amide bonds. The Bertz CT molecular complexity index is 522. The summed E-state index contributed by atoms with van der Waals surface area (Å²) in [4.78, 5) is 15.2. The Morgan fingerprint density at radius 2 is 1.79 bits per heavy atom. The molecular formula is C17H21NO. The third-order valence-electron chi connectivity index (χ3n) is 5.62. The standard InChI is InChI=1S/C17H21NO/c1-18-15-6-7-16(18)10-14(9-15)17(19)13-5-3-11-2-4-12(11)8-13/h3,5,8,14-16H,2,4,6-7,9-10H2,1H3. The normalized spacial score (nSPS) is 32.8. The SMILES string of the molecule is CN1C2CCC1CC(C(=O)c1ccc3c(c1)CC3)C2. The molecule has 0 radical (unpaired) electrons. The number of benzene rings is 1. The van der Waals surface area contributed by atoms with Crippen LogP contribution in [0, 0.1) is 5.92 Å². The molecule has 2 heterocycles. The number of nitrogens with zero attached hydrogens (tertiary/aromatic N) is 1. The van der Waals surface area contributed by atoms with Crippen LogP contribution in [0.5, 0.6) is 0 Å². The molecule has 4 rings (SSSR count). The Morgan fingerprint density at radius 1 is 1.11 bits per heavy atom. The molecule has 2 saturated heterocycles. The first-order valence-electron chi connectivity index (χ1n) is 7.60.